The van der Waals surface area contributed by atoms with Crippen molar-refractivity contribution in [1.29, 1.82) is 0 Å². The van der Waals surface area contributed by atoms with E-state index in [4.69, 9.17) is 26.6 Å². The Morgan fingerprint density at radius 3 is 1.39 bits per heavy atom. The molecule has 0 saturated carbocycles. The number of imidazole rings is 2. The monoisotopic (exact) mass is 1310 g/mol. The molecule has 0 aliphatic heterocycles. The largest absolute Gasteiger partial charge is 0.338 e. The van der Waals surface area contributed by atoms with Crippen LogP contribution < -0.4 is 0 Å². The summed E-state index contributed by atoms with van der Waals surface area (Å²) in [6.45, 7) is 0. The molecule has 12 heteroatoms. The minimum atomic E-state index is 0.646. The van der Waals surface area contributed by atoms with Crippen molar-refractivity contribution in [3.05, 3.63) is 319 Å². The van der Waals surface area contributed by atoms with Crippen molar-refractivity contribution in [2.75, 3.05) is 0 Å². The predicted octanol–water partition coefficient (Wildman–Crippen LogP) is 22.3. The van der Waals surface area contributed by atoms with Gasteiger partial charge in [0.15, 0.2) is 0 Å². The zero-order chi connectivity index (χ0) is 63.5. The molecule has 0 amide bonds. The first-order valence-corrected chi connectivity index (χ1v) is 33.1. The summed E-state index contributed by atoms with van der Waals surface area (Å²) >= 11 is 8.75. The van der Waals surface area contributed by atoms with E-state index < -0.39 is 0 Å². The van der Waals surface area contributed by atoms with Crippen molar-refractivity contribution < 1.29 is 0 Å². The van der Waals surface area contributed by atoms with E-state index in [1.807, 2.05) is 30.5 Å². The quantitative estimate of drug-likeness (QED) is 0.137. The molecule has 0 unspecified atom stereocenters. The van der Waals surface area contributed by atoms with Crippen LogP contribution in [0.4, 0.5) is 0 Å². The molecular formula is C84H52BrClN10. The molecule has 0 radical (unpaired) electrons. The van der Waals surface area contributed by atoms with Gasteiger partial charge in [-0.3, -0.25) is 4.40 Å². The highest BCUT2D eigenvalue weighted by Crippen LogP contribution is 2.46. The first-order chi connectivity index (χ1) is 47.5. The normalized spacial score (nSPS) is 11.9. The Balaban J connectivity index is 0.000000122. The first-order valence-electron chi connectivity index (χ1n) is 31.9. The van der Waals surface area contributed by atoms with Crippen molar-refractivity contribution >= 4 is 164 Å². The molecule has 96 heavy (non-hydrogen) atoms. The number of nitrogens with one attached hydrogen (secondary N) is 1. The molecule has 9 aromatic heterocycles. The minimum absolute atomic E-state index is 0.646. The van der Waals surface area contributed by atoms with Crippen LogP contribution in [0.2, 0.25) is 5.02 Å². The number of rotatable bonds is 5. The molecule has 0 atom stereocenters. The van der Waals surface area contributed by atoms with Crippen LogP contribution in [0.1, 0.15) is 0 Å². The van der Waals surface area contributed by atoms with Crippen LogP contribution in [0, 0.1) is 0 Å². The third-order valence-electron chi connectivity index (χ3n) is 18.8. The molecule has 10 nitrogen and oxygen atoms in total. The maximum atomic E-state index is 5.60. The van der Waals surface area contributed by atoms with E-state index in [9.17, 15) is 0 Å². The molecule has 12 aromatic carbocycles. The van der Waals surface area contributed by atoms with Crippen LogP contribution in [-0.4, -0.2) is 47.6 Å². The molecule has 21 aromatic rings. The van der Waals surface area contributed by atoms with Gasteiger partial charge in [0.1, 0.15) is 21.7 Å². The number of halogens is 2. The van der Waals surface area contributed by atoms with E-state index in [2.05, 4.69) is 309 Å². The lowest BCUT2D eigenvalue weighted by Crippen LogP contribution is -1.96. The lowest BCUT2D eigenvalue weighted by Gasteiger charge is -2.10. The van der Waals surface area contributed by atoms with Gasteiger partial charge in [0, 0.05) is 94.6 Å². The minimum Gasteiger partial charge on any atom is -0.338 e. The standard InChI is InChI=1S/C42H25N5.C37H24N4.C5H3BrClN/c1-3-12-26(13-4-1)45-37-22-21-29-28-16-7-9-19-35(28)46(27-14-5-2-6-15-27)40(29)39(37)33-24-31-30-17-11-23-43-41(30)47-36-20-10-8-18-34(36)44-42(47)32(31)25-38(33)45;1-3-11-25(12-4-1)40-33-22-21-28-27-15-7-10-18-32(27)41(26-13-5-2-6-14-26)36(28)35(33)29-20-19-24(23-34(29)40)37-38-30-16-8-9-17-31(30)39-37;6-5-4(7)2-1-3-8-5/h1-25H;1-23H,(H,38,39);1-3H. The van der Waals surface area contributed by atoms with Gasteiger partial charge in [0.05, 0.1) is 71.2 Å². The third kappa shape index (κ3) is 8.64. The summed E-state index contributed by atoms with van der Waals surface area (Å²) in [5.74, 6) is 0.876. The molecule has 0 bridgehead atoms. The lowest BCUT2D eigenvalue weighted by atomic mass is 10.0. The smallest absolute Gasteiger partial charge is 0.147 e. The van der Waals surface area contributed by atoms with Gasteiger partial charge >= 0.3 is 0 Å². The van der Waals surface area contributed by atoms with Crippen molar-refractivity contribution in [3.8, 4) is 34.1 Å². The SMILES string of the molecule is Clc1cccnc1Br.c1ccc(-n2c3cc(-c4nc5ccccc5[nH]4)ccc3c3c2ccc2c4ccccc4n(-c4ccccc4)c23)cc1.c1ccc(-n2c3cc4c(cc3c3c2ccc2c5ccccc5n(-c5ccccc5)c23)c2cccnc2n2c3ccccc3nc42)cc1. The maximum absolute atomic E-state index is 5.60. The summed E-state index contributed by atoms with van der Waals surface area (Å²) in [5.41, 5.74) is 21.0. The molecule has 0 aliphatic carbocycles. The number of fused-ring (bicyclic) bond motifs is 23. The highest BCUT2D eigenvalue weighted by Gasteiger charge is 2.25. The average molecular weight is 1320 g/mol. The Labute approximate surface area is 561 Å². The van der Waals surface area contributed by atoms with Gasteiger partial charge in [0.2, 0.25) is 0 Å². The predicted molar refractivity (Wildman–Crippen MR) is 401 cm³/mol. The van der Waals surface area contributed by atoms with E-state index in [-0.39, 0.29) is 0 Å². The van der Waals surface area contributed by atoms with E-state index in [1.54, 1.807) is 18.3 Å². The molecule has 21 rings (SSSR count). The van der Waals surface area contributed by atoms with Gasteiger partial charge < -0.3 is 23.3 Å². The Morgan fingerprint density at radius 2 is 0.802 bits per heavy atom. The van der Waals surface area contributed by atoms with Gasteiger partial charge in [-0.2, -0.15) is 0 Å². The summed E-state index contributed by atoms with van der Waals surface area (Å²) in [7, 11) is 0. The summed E-state index contributed by atoms with van der Waals surface area (Å²) in [4.78, 5) is 22.4. The van der Waals surface area contributed by atoms with Gasteiger partial charge in [-0.15, -0.1) is 0 Å². The number of para-hydroxylation sites is 10. The molecule has 9 heterocycles. The highest BCUT2D eigenvalue weighted by atomic mass is 79.9. The number of hydrogen-bond acceptors (Lipinski definition) is 4. The summed E-state index contributed by atoms with van der Waals surface area (Å²) < 4.78 is 12.6. The van der Waals surface area contributed by atoms with Crippen LogP contribution >= 0.6 is 27.5 Å². The molecular weight excluding hydrogens is 1260 g/mol. The first kappa shape index (κ1) is 55.5. The number of hydrogen-bond donors (Lipinski definition) is 1. The molecule has 452 valence electrons. The number of aromatic nitrogens is 10. The Morgan fingerprint density at radius 1 is 0.312 bits per heavy atom. The second-order valence-corrected chi connectivity index (χ2v) is 25.2. The van der Waals surface area contributed by atoms with Crippen LogP contribution in [0.5, 0.6) is 0 Å². The molecule has 0 aliphatic rings. The number of pyridine rings is 3. The Kier molecular flexibility index (Phi) is 12.9. The van der Waals surface area contributed by atoms with Crippen molar-refractivity contribution in [3.63, 3.8) is 0 Å². The van der Waals surface area contributed by atoms with Gasteiger partial charge in [0.25, 0.3) is 0 Å². The van der Waals surface area contributed by atoms with Crippen LogP contribution in [-0.2, 0) is 0 Å². The van der Waals surface area contributed by atoms with Gasteiger partial charge in [-0.05, 0) is 161 Å². The second-order valence-electron chi connectivity index (χ2n) is 24.1. The number of nitrogens with zero attached hydrogens (tertiary/aromatic N) is 9. The average Bonchev–Trinajstić information content (AvgIpc) is 1.52. The fraction of sp³-hybridized carbons (Fsp3) is 0. The van der Waals surface area contributed by atoms with E-state index >= 15 is 0 Å². The third-order valence-corrected chi connectivity index (χ3v) is 20.0. The molecule has 0 saturated heterocycles. The van der Waals surface area contributed by atoms with Crippen molar-refractivity contribution in [2.24, 2.45) is 0 Å². The van der Waals surface area contributed by atoms with E-state index in [0.717, 1.165) is 94.7 Å². The molecule has 0 fully saturated rings. The number of benzene rings is 12. The van der Waals surface area contributed by atoms with Gasteiger partial charge in [-0.25, -0.2) is 19.9 Å². The Bertz CT molecular complexity index is 6610. The van der Waals surface area contributed by atoms with Gasteiger partial charge in [-0.1, -0.05) is 169 Å². The fourth-order valence-electron chi connectivity index (χ4n) is 14.8. The van der Waals surface area contributed by atoms with E-state index in [0.29, 0.717) is 9.63 Å². The number of aromatic amines is 1. The maximum Gasteiger partial charge on any atom is 0.147 e. The van der Waals surface area contributed by atoms with Crippen molar-refractivity contribution in [2.45, 2.75) is 0 Å². The zero-order valence-electron chi connectivity index (χ0n) is 51.2. The highest BCUT2D eigenvalue weighted by molar-refractivity contribution is 9.10. The lowest BCUT2D eigenvalue weighted by molar-refractivity contribution is 1.17. The summed E-state index contributed by atoms with van der Waals surface area (Å²) in [6.07, 6.45) is 3.56. The van der Waals surface area contributed by atoms with Crippen LogP contribution in [0.15, 0.2) is 314 Å². The van der Waals surface area contributed by atoms with Crippen molar-refractivity contribution in [1.82, 2.24) is 47.6 Å². The molecule has 0 spiro atoms. The summed E-state index contributed by atoms with van der Waals surface area (Å²) in [5, 5.41) is 13.9. The summed E-state index contributed by atoms with van der Waals surface area (Å²) in [6, 6.07) is 105. The Hall–Kier alpha value is -12.2. The fourth-order valence-corrected chi connectivity index (χ4v) is 15.1. The zero-order valence-corrected chi connectivity index (χ0v) is 53.6. The molecule has 1 N–H and O–H groups in total. The topological polar surface area (TPSA) is 91.5 Å². The van der Waals surface area contributed by atoms with E-state index in [1.165, 1.54) is 76.2 Å². The second kappa shape index (κ2) is 22.3. The van der Waals surface area contributed by atoms with Crippen LogP contribution in [0.3, 0.4) is 0 Å². The van der Waals surface area contributed by atoms with Crippen LogP contribution in [0.25, 0.3) is 171 Å². The number of H-pyrrole nitrogens is 1.